The van der Waals surface area contributed by atoms with Crippen LogP contribution >= 0.6 is 0 Å². The van der Waals surface area contributed by atoms with Crippen molar-refractivity contribution in [1.82, 2.24) is 24.6 Å². The van der Waals surface area contributed by atoms with E-state index in [2.05, 4.69) is 25.9 Å². The summed E-state index contributed by atoms with van der Waals surface area (Å²) in [6.07, 6.45) is 3.69. The molecule has 3 aromatic rings. The second-order valence-corrected chi connectivity index (χ2v) is 9.04. The Kier molecular flexibility index (Phi) is 6.17. The lowest BCUT2D eigenvalue weighted by atomic mass is 10.1. The van der Waals surface area contributed by atoms with Gasteiger partial charge in [0.1, 0.15) is 17.3 Å². The summed E-state index contributed by atoms with van der Waals surface area (Å²) in [5.74, 6) is 1.40. The van der Waals surface area contributed by atoms with E-state index in [9.17, 15) is 9.18 Å². The fraction of sp³-hybridized carbons (Fsp3) is 0.440. The van der Waals surface area contributed by atoms with E-state index in [1.54, 1.807) is 29.9 Å². The predicted molar refractivity (Wildman–Crippen MR) is 130 cm³/mol. The van der Waals surface area contributed by atoms with Gasteiger partial charge < -0.3 is 14.7 Å². The fourth-order valence-corrected chi connectivity index (χ4v) is 4.66. The molecule has 2 fully saturated rings. The Labute approximate surface area is 199 Å². The van der Waals surface area contributed by atoms with Gasteiger partial charge in [-0.15, -0.1) is 0 Å². The summed E-state index contributed by atoms with van der Waals surface area (Å²) in [5.41, 5.74) is 2.92. The Morgan fingerprint density at radius 3 is 2.29 bits per heavy atom. The van der Waals surface area contributed by atoms with E-state index >= 15 is 0 Å². The number of hydrogen-bond acceptors (Lipinski definition) is 6. The molecule has 5 rings (SSSR count). The van der Waals surface area contributed by atoms with Crippen molar-refractivity contribution in [3.8, 4) is 11.3 Å². The van der Waals surface area contributed by atoms with Gasteiger partial charge in [-0.3, -0.25) is 9.48 Å². The molecule has 2 aliphatic heterocycles. The maximum absolute atomic E-state index is 13.2. The molecule has 8 nitrogen and oxygen atoms in total. The van der Waals surface area contributed by atoms with Crippen LogP contribution in [0.15, 0.2) is 36.4 Å². The lowest BCUT2D eigenvalue weighted by molar-refractivity contribution is 0.0735. The molecule has 34 heavy (non-hydrogen) atoms. The van der Waals surface area contributed by atoms with Gasteiger partial charge in [-0.2, -0.15) is 10.1 Å². The van der Waals surface area contributed by atoms with Crippen molar-refractivity contribution in [1.29, 1.82) is 0 Å². The van der Waals surface area contributed by atoms with Crippen LogP contribution in [0.4, 0.5) is 16.2 Å². The number of rotatable bonds is 4. The van der Waals surface area contributed by atoms with Gasteiger partial charge in [-0.1, -0.05) is 0 Å². The second-order valence-electron chi connectivity index (χ2n) is 9.04. The summed E-state index contributed by atoms with van der Waals surface area (Å²) in [5, 5.41) is 4.46. The molecule has 0 N–H and O–H groups in total. The zero-order valence-corrected chi connectivity index (χ0v) is 19.7. The largest absolute Gasteiger partial charge is 0.356 e. The summed E-state index contributed by atoms with van der Waals surface area (Å²) >= 11 is 0. The third kappa shape index (κ3) is 4.60. The summed E-state index contributed by atoms with van der Waals surface area (Å²) in [4.78, 5) is 29.1. The average Bonchev–Trinajstić information content (AvgIpc) is 3.25. The number of amides is 1. The predicted octanol–water partition coefficient (Wildman–Crippen LogP) is 3.28. The molecule has 0 saturated carbocycles. The number of nitrogens with zero attached hydrogens (tertiary/aromatic N) is 7. The molecule has 0 radical (unpaired) electrons. The van der Waals surface area contributed by atoms with Crippen molar-refractivity contribution in [2.45, 2.75) is 26.2 Å². The molecule has 0 bridgehead atoms. The zero-order valence-electron chi connectivity index (χ0n) is 19.7. The summed E-state index contributed by atoms with van der Waals surface area (Å²) < 4.78 is 14.8. The summed E-state index contributed by atoms with van der Waals surface area (Å²) in [7, 11) is 1.76. The number of anilines is 2. The van der Waals surface area contributed by atoms with E-state index in [1.165, 1.54) is 31.4 Å². The number of hydrogen-bond donors (Lipinski definition) is 0. The molecule has 2 aliphatic rings. The van der Waals surface area contributed by atoms with Crippen LogP contribution in [0, 0.1) is 12.7 Å². The smallest absolute Gasteiger partial charge is 0.272 e. The molecule has 178 valence electrons. The normalized spacial score (nSPS) is 16.7. The lowest BCUT2D eigenvalue weighted by Crippen LogP contribution is -2.49. The number of piperazine rings is 1. The summed E-state index contributed by atoms with van der Waals surface area (Å²) in [6.45, 7) is 6.64. The van der Waals surface area contributed by atoms with Crippen LogP contribution in [-0.2, 0) is 7.05 Å². The summed E-state index contributed by atoms with van der Waals surface area (Å²) in [6, 6.07) is 9.98. The Morgan fingerprint density at radius 2 is 1.59 bits per heavy atom. The van der Waals surface area contributed by atoms with Crippen LogP contribution in [0.2, 0.25) is 0 Å². The van der Waals surface area contributed by atoms with Gasteiger partial charge in [0.15, 0.2) is 0 Å². The van der Waals surface area contributed by atoms with E-state index in [1.807, 2.05) is 11.8 Å². The minimum absolute atomic E-state index is 0.0535. The highest BCUT2D eigenvalue weighted by Gasteiger charge is 2.26. The molecule has 4 heterocycles. The molecule has 0 atom stereocenters. The number of halogens is 1. The highest BCUT2D eigenvalue weighted by atomic mass is 19.1. The van der Waals surface area contributed by atoms with Crippen LogP contribution in [0.3, 0.4) is 0 Å². The Morgan fingerprint density at radius 1 is 0.882 bits per heavy atom. The number of aromatic nitrogens is 4. The standard InChI is InChI=1S/C25H30FN7O/c1-18-16-23(31-10-4-3-5-11-31)28-25(27-18)33-14-12-32(13-15-33)24(34)22-17-21(29-30(22)2)19-6-8-20(26)9-7-19/h6-9,16-17H,3-5,10-15H2,1-2H3. The van der Waals surface area contributed by atoms with Crippen LogP contribution in [-0.4, -0.2) is 69.8 Å². The SMILES string of the molecule is Cc1cc(N2CCCCC2)nc(N2CCN(C(=O)c3cc(-c4ccc(F)cc4)nn3C)CC2)n1. The number of carbonyl (C=O) groups excluding carboxylic acids is 1. The van der Waals surface area contributed by atoms with Gasteiger partial charge in [-0.25, -0.2) is 9.37 Å². The van der Waals surface area contributed by atoms with Crippen molar-refractivity contribution in [2.24, 2.45) is 7.05 Å². The quantitative estimate of drug-likeness (QED) is 0.592. The Balaban J connectivity index is 1.26. The first kappa shape index (κ1) is 22.3. The monoisotopic (exact) mass is 463 g/mol. The molecule has 9 heteroatoms. The minimum Gasteiger partial charge on any atom is -0.356 e. The van der Waals surface area contributed by atoms with Gasteiger partial charge in [0.05, 0.1) is 5.69 Å². The molecule has 0 aliphatic carbocycles. The third-order valence-electron chi connectivity index (χ3n) is 6.60. The maximum atomic E-state index is 13.2. The molecule has 1 aromatic carbocycles. The third-order valence-corrected chi connectivity index (χ3v) is 6.60. The van der Waals surface area contributed by atoms with E-state index in [0.717, 1.165) is 36.1 Å². The highest BCUT2D eigenvalue weighted by Crippen LogP contribution is 2.23. The maximum Gasteiger partial charge on any atom is 0.272 e. The van der Waals surface area contributed by atoms with Gasteiger partial charge in [0, 0.05) is 63.6 Å². The molecule has 0 unspecified atom stereocenters. The van der Waals surface area contributed by atoms with E-state index < -0.39 is 0 Å². The Hall–Kier alpha value is -3.49. The molecular formula is C25H30FN7O. The van der Waals surface area contributed by atoms with Gasteiger partial charge in [0.2, 0.25) is 5.95 Å². The van der Waals surface area contributed by atoms with E-state index in [4.69, 9.17) is 4.98 Å². The number of carbonyl (C=O) groups is 1. The fourth-order valence-electron chi connectivity index (χ4n) is 4.66. The van der Waals surface area contributed by atoms with Crippen LogP contribution in [0.1, 0.15) is 35.4 Å². The zero-order chi connectivity index (χ0) is 23.7. The Bertz CT molecular complexity index is 1160. The van der Waals surface area contributed by atoms with Gasteiger partial charge >= 0.3 is 0 Å². The molecular weight excluding hydrogens is 433 g/mol. The van der Waals surface area contributed by atoms with Crippen LogP contribution in [0.5, 0.6) is 0 Å². The molecule has 2 aromatic heterocycles. The lowest BCUT2D eigenvalue weighted by Gasteiger charge is -2.35. The van der Waals surface area contributed by atoms with Crippen molar-refractivity contribution in [3.63, 3.8) is 0 Å². The van der Waals surface area contributed by atoms with Crippen LogP contribution in [0.25, 0.3) is 11.3 Å². The second kappa shape index (κ2) is 9.40. The first-order chi connectivity index (χ1) is 16.5. The molecule has 1 amide bonds. The first-order valence-electron chi connectivity index (χ1n) is 11.9. The molecule has 0 spiro atoms. The number of piperidine rings is 1. The van der Waals surface area contributed by atoms with Crippen molar-refractivity contribution < 1.29 is 9.18 Å². The number of benzene rings is 1. The van der Waals surface area contributed by atoms with Crippen LogP contribution < -0.4 is 9.80 Å². The van der Waals surface area contributed by atoms with E-state index in [-0.39, 0.29) is 11.7 Å². The highest BCUT2D eigenvalue weighted by molar-refractivity contribution is 5.94. The van der Waals surface area contributed by atoms with Crippen molar-refractivity contribution in [3.05, 3.63) is 53.6 Å². The van der Waals surface area contributed by atoms with Crippen molar-refractivity contribution >= 4 is 17.7 Å². The van der Waals surface area contributed by atoms with Crippen molar-refractivity contribution in [2.75, 3.05) is 49.1 Å². The van der Waals surface area contributed by atoms with E-state index in [0.29, 0.717) is 37.6 Å². The molecule has 2 saturated heterocycles. The van der Waals surface area contributed by atoms with Gasteiger partial charge in [-0.05, 0) is 56.5 Å². The minimum atomic E-state index is -0.297. The number of aryl methyl sites for hydroxylation is 2. The topological polar surface area (TPSA) is 70.4 Å². The van der Waals surface area contributed by atoms with Gasteiger partial charge in [0.25, 0.3) is 5.91 Å². The first-order valence-corrected chi connectivity index (χ1v) is 11.9. The average molecular weight is 464 g/mol.